The molecule has 0 radical (unpaired) electrons. The second kappa shape index (κ2) is 7.97. The number of halogens is 1. The van der Waals surface area contributed by atoms with E-state index in [9.17, 15) is 0 Å². The van der Waals surface area contributed by atoms with Gasteiger partial charge in [0.1, 0.15) is 0 Å². The number of rotatable bonds is 10. The van der Waals surface area contributed by atoms with E-state index in [4.69, 9.17) is 15.8 Å². The quantitative estimate of drug-likeness (QED) is 0.442. The predicted octanol–water partition coefficient (Wildman–Crippen LogP) is 6.76. The summed E-state index contributed by atoms with van der Waals surface area (Å²) in [5.41, 5.74) is 1.48. The number of hydrogen-bond donors (Lipinski definition) is 0. The van der Waals surface area contributed by atoms with Gasteiger partial charge in [-0.3, -0.25) is 0 Å². The molecule has 0 N–H and O–H groups in total. The fourth-order valence-electron chi connectivity index (χ4n) is 3.28. The van der Waals surface area contributed by atoms with Crippen molar-refractivity contribution in [3.8, 4) is 0 Å². The molecule has 1 atom stereocenters. The molecular weight excluding hydrogens is 301 g/mol. The van der Waals surface area contributed by atoms with E-state index in [0.717, 1.165) is 24.3 Å². The number of nitrogens with zero attached hydrogens (tertiary/aromatic N) is 1. The minimum absolute atomic E-state index is 0.387. The van der Waals surface area contributed by atoms with Crippen LogP contribution in [0.15, 0.2) is 10.6 Å². The van der Waals surface area contributed by atoms with Gasteiger partial charge in [-0.15, -0.1) is 0 Å². The molecule has 1 heterocycles. The van der Waals surface area contributed by atoms with Gasteiger partial charge >= 0.3 is 135 Å². The number of aryl methyl sites for hydroxylation is 1. The van der Waals surface area contributed by atoms with E-state index in [1.165, 1.54) is 38.0 Å². The van der Waals surface area contributed by atoms with Crippen LogP contribution < -0.4 is 0 Å². The molecular formula is C17H33ClNOP. The molecule has 0 spiro atoms. The van der Waals surface area contributed by atoms with E-state index in [1.807, 2.05) is 6.92 Å². The maximum atomic E-state index is 7.49. The van der Waals surface area contributed by atoms with E-state index in [0.29, 0.717) is 5.66 Å². The van der Waals surface area contributed by atoms with Crippen LogP contribution in [-0.4, -0.2) is 24.1 Å². The fraction of sp³-hybridized carbons (Fsp3) is 0.824. The molecule has 1 rings (SSSR count). The van der Waals surface area contributed by atoms with Gasteiger partial charge in [-0.1, -0.05) is 0 Å². The Morgan fingerprint density at radius 1 is 1.14 bits per heavy atom. The predicted molar refractivity (Wildman–Crippen MR) is 97.1 cm³/mol. The average molecular weight is 334 g/mol. The molecule has 0 saturated heterocycles. The van der Waals surface area contributed by atoms with Gasteiger partial charge in [0, 0.05) is 0 Å². The van der Waals surface area contributed by atoms with Gasteiger partial charge in [-0.2, -0.15) is 0 Å². The molecule has 0 fully saturated rings. The fourth-order valence-corrected chi connectivity index (χ4v) is 9.59. The van der Waals surface area contributed by atoms with E-state index in [-0.39, 0.29) is 0 Å². The summed E-state index contributed by atoms with van der Waals surface area (Å²) in [6.07, 6.45) is 9.46. The van der Waals surface area contributed by atoms with E-state index in [1.54, 1.807) is 0 Å². The summed E-state index contributed by atoms with van der Waals surface area (Å²) >= 11 is 7.49. The normalized spacial score (nSPS) is 15.6. The van der Waals surface area contributed by atoms with E-state index >= 15 is 0 Å². The van der Waals surface area contributed by atoms with Crippen molar-refractivity contribution in [2.24, 2.45) is 0 Å². The third-order valence-corrected chi connectivity index (χ3v) is 11.6. The van der Waals surface area contributed by atoms with Crippen molar-refractivity contribution in [1.82, 2.24) is 5.16 Å². The van der Waals surface area contributed by atoms with Gasteiger partial charge in [-0.05, 0) is 0 Å². The molecule has 0 amide bonds. The molecule has 0 aromatic carbocycles. The summed E-state index contributed by atoms with van der Waals surface area (Å²) in [6.45, 7) is 11.1. The van der Waals surface area contributed by atoms with Crippen LogP contribution >= 0.6 is 17.2 Å². The van der Waals surface area contributed by atoms with Crippen molar-refractivity contribution in [2.75, 3.05) is 19.0 Å². The second-order valence-corrected chi connectivity index (χ2v) is 15.3. The van der Waals surface area contributed by atoms with Crippen LogP contribution in [0.5, 0.6) is 0 Å². The van der Waals surface area contributed by atoms with Crippen molar-refractivity contribution in [3.63, 3.8) is 0 Å². The van der Waals surface area contributed by atoms with E-state index < -0.39 is 5.96 Å². The Kier molecular flexibility index (Phi) is 7.20. The molecule has 0 bridgehead atoms. The zero-order valence-electron chi connectivity index (χ0n) is 14.5. The van der Waals surface area contributed by atoms with Gasteiger partial charge in [-0.25, -0.2) is 0 Å². The Morgan fingerprint density at radius 3 is 2.10 bits per heavy atom. The number of hydrogen-bond acceptors (Lipinski definition) is 2. The monoisotopic (exact) mass is 333 g/mol. The first-order chi connectivity index (χ1) is 9.86. The molecule has 1 unspecified atom stereocenters. The second-order valence-electron chi connectivity index (χ2n) is 6.81. The first kappa shape index (κ1) is 19.0. The van der Waals surface area contributed by atoms with Gasteiger partial charge in [0.15, 0.2) is 0 Å². The third-order valence-electron chi connectivity index (χ3n) is 4.63. The van der Waals surface area contributed by atoms with Crippen molar-refractivity contribution in [1.29, 1.82) is 0 Å². The molecule has 0 aliphatic carbocycles. The zero-order valence-corrected chi connectivity index (χ0v) is 16.1. The standard InChI is InChI=1S/C17H33ClNOP/c1-6-9-12-21(5,18,13-10-7-2)17(11-8-3)16-14-15(4)20-19-16/h14,17H,6-13H2,1-5H3. The van der Waals surface area contributed by atoms with Crippen molar-refractivity contribution < 1.29 is 4.52 Å². The average Bonchev–Trinajstić information content (AvgIpc) is 2.87. The molecule has 124 valence electrons. The summed E-state index contributed by atoms with van der Waals surface area (Å²) in [6, 6.07) is 2.10. The number of aromatic nitrogens is 1. The maximum absolute atomic E-state index is 7.49. The van der Waals surface area contributed by atoms with Gasteiger partial charge in [0.05, 0.1) is 0 Å². The Labute approximate surface area is 135 Å². The molecule has 0 aliphatic rings. The SMILES string of the molecule is CCCCP(C)(Cl)(CCCC)C(CCC)c1cc(C)on1. The van der Waals surface area contributed by atoms with Crippen molar-refractivity contribution in [2.45, 2.75) is 71.9 Å². The third kappa shape index (κ3) is 4.96. The van der Waals surface area contributed by atoms with Crippen LogP contribution in [0.3, 0.4) is 0 Å². The summed E-state index contributed by atoms with van der Waals surface area (Å²) in [5, 5.41) is 4.34. The van der Waals surface area contributed by atoms with Gasteiger partial charge in [0.2, 0.25) is 0 Å². The summed E-state index contributed by atoms with van der Waals surface area (Å²) in [5.74, 6) is -1.41. The first-order valence-corrected chi connectivity index (χ1v) is 12.5. The molecule has 0 aliphatic heterocycles. The molecule has 1 aromatic heterocycles. The van der Waals surface area contributed by atoms with Crippen LogP contribution in [0.4, 0.5) is 0 Å². The Balaban J connectivity index is 3.16. The molecule has 21 heavy (non-hydrogen) atoms. The first-order valence-electron chi connectivity index (χ1n) is 8.51. The Morgan fingerprint density at radius 2 is 1.71 bits per heavy atom. The van der Waals surface area contributed by atoms with E-state index in [2.05, 4.69) is 38.7 Å². The number of unbranched alkanes of at least 4 members (excludes halogenated alkanes) is 2. The summed E-state index contributed by atoms with van der Waals surface area (Å²) in [7, 11) is 0. The Bertz CT molecular complexity index is 418. The van der Waals surface area contributed by atoms with Crippen molar-refractivity contribution in [3.05, 3.63) is 17.5 Å². The topological polar surface area (TPSA) is 26.0 Å². The van der Waals surface area contributed by atoms with Gasteiger partial charge in [0.25, 0.3) is 0 Å². The minimum atomic E-state index is -2.31. The molecule has 2 nitrogen and oxygen atoms in total. The molecule has 4 heteroatoms. The van der Waals surface area contributed by atoms with Crippen molar-refractivity contribution >= 4 is 17.2 Å². The van der Waals surface area contributed by atoms with Gasteiger partial charge < -0.3 is 0 Å². The van der Waals surface area contributed by atoms with Crippen LogP contribution in [0.2, 0.25) is 0 Å². The van der Waals surface area contributed by atoms with Crippen LogP contribution in [-0.2, 0) is 0 Å². The van der Waals surface area contributed by atoms with Crippen LogP contribution in [0, 0.1) is 6.92 Å². The Hall–Kier alpha value is -0.0700. The summed E-state index contributed by atoms with van der Waals surface area (Å²) < 4.78 is 5.35. The molecule has 1 aromatic rings. The van der Waals surface area contributed by atoms with Crippen LogP contribution in [0.25, 0.3) is 0 Å². The summed E-state index contributed by atoms with van der Waals surface area (Å²) in [4.78, 5) is 0. The van der Waals surface area contributed by atoms with Crippen LogP contribution in [0.1, 0.15) is 76.4 Å². The molecule has 0 saturated carbocycles. The zero-order chi connectivity index (χ0) is 16.0.